The molecule has 0 amide bonds. The fourth-order valence-corrected chi connectivity index (χ4v) is 1.95. The van der Waals surface area contributed by atoms with Crippen molar-refractivity contribution in [2.75, 3.05) is 0 Å². The number of hydrogen-bond acceptors (Lipinski definition) is 2. The Labute approximate surface area is 120 Å². The number of pyridine rings is 1. The van der Waals surface area contributed by atoms with Gasteiger partial charge >= 0.3 is 5.97 Å². The number of benzene rings is 1. The third-order valence-corrected chi connectivity index (χ3v) is 3.01. The van der Waals surface area contributed by atoms with Gasteiger partial charge in [0.05, 0.1) is 6.54 Å². The lowest BCUT2D eigenvalue weighted by Crippen LogP contribution is -2.19. The molecular formula is C16H14FNO3. The van der Waals surface area contributed by atoms with Crippen LogP contribution in [0.4, 0.5) is 4.39 Å². The topological polar surface area (TPSA) is 59.3 Å². The summed E-state index contributed by atoms with van der Waals surface area (Å²) in [4.78, 5) is 22.4. The lowest BCUT2D eigenvalue weighted by Gasteiger charge is -2.09. The SMILES string of the molecule is Cc1ccn(Cc2ccc(F)cc2C=CC(=O)O)c(=O)c1. The molecule has 0 saturated carbocycles. The molecule has 0 aliphatic rings. The molecule has 0 fully saturated rings. The molecule has 0 bridgehead atoms. The van der Waals surface area contributed by atoms with Gasteiger partial charge in [0.25, 0.3) is 5.56 Å². The molecule has 4 nitrogen and oxygen atoms in total. The van der Waals surface area contributed by atoms with Crippen molar-refractivity contribution in [2.45, 2.75) is 13.5 Å². The first kappa shape index (κ1) is 14.7. The monoisotopic (exact) mass is 287 g/mol. The van der Waals surface area contributed by atoms with Gasteiger partial charge in [-0.1, -0.05) is 6.07 Å². The second kappa shape index (κ2) is 6.17. The van der Waals surface area contributed by atoms with Crippen LogP contribution in [0.15, 0.2) is 47.4 Å². The van der Waals surface area contributed by atoms with Crippen molar-refractivity contribution in [3.63, 3.8) is 0 Å². The van der Waals surface area contributed by atoms with Gasteiger partial charge < -0.3 is 9.67 Å². The molecule has 0 unspecified atom stereocenters. The van der Waals surface area contributed by atoms with Crippen LogP contribution < -0.4 is 5.56 Å². The number of nitrogens with zero attached hydrogens (tertiary/aromatic N) is 1. The van der Waals surface area contributed by atoms with E-state index in [1.165, 1.54) is 28.8 Å². The smallest absolute Gasteiger partial charge is 0.328 e. The minimum atomic E-state index is -1.11. The number of carboxylic acids is 1. The van der Waals surface area contributed by atoms with E-state index >= 15 is 0 Å². The minimum absolute atomic E-state index is 0.160. The van der Waals surface area contributed by atoms with Crippen LogP contribution in [-0.4, -0.2) is 15.6 Å². The number of hydrogen-bond donors (Lipinski definition) is 1. The van der Waals surface area contributed by atoms with E-state index in [-0.39, 0.29) is 12.1 Å². The molecule has 2 aromatic rings. The standard InChI is InChI=1S/C16H14FNO3/c1-11-6-7-18(15(19)8-11)10-13-2-4-14(17)9-12(13)3-5-16(20)21/h2-9H,10H2,1H3,(H,20,21). The van der Waals surface area contributed by atoms with Crippen molar-refractivity contribution >= 4 is 12.0 Å². The van der Waals surface area contributed by atoms with Gasteiger partial charge in [-0.05, 0) is 47.9 Å². The molecule has 0 radical (unpaired) electrons. The lowest BCUT2D eigenvalue weighted by molar-refractivity contribution is -0.131. The molecule has 21 heavy (non-hydrogen) atoms. The Balaban J connectivity index is 2.39. The van der Waals surface area contributed by atoms with Crippen molar-refractivity contribution in [3.05, 3.63) is 75.5 Å². The van der Waals surface area contributed by atoms with E-state index in [9.17, 15) is 14.0 Å². The molecule has 0 spiro atoms. The number of aryl methyl sites for hydroxylation is 1. The number of halogens is 1. The van der Waals surface area contributed by atoms with E-state index < -0.39 is 11.8 Å². The molecule has 0 aliphatic carbocycles. The fraction of sp³-hybridized carbons (Fsp3) is 0.125. The Kier molecular flexibility index (Phi) is 4.33. The average Bonchev–Trinajstić information content (AvgIpc) is 2.41. The largest absolute Gasteiger partial charge is 0.478 e. The Morgan fingerprint density at radius 1 is 1.33 bits per heavy atom. The second-order valence-electron chi connectivity index (χ2n) is 4.68. The van der Waals surface area contributed by atoms with Crippen LogP contribution >= 0.6 is 0 Å². The first-order chi connectivity index (χ1) is 9.95. The van der Waals surface area contributed by atoms with Crippen molar-refractivity contribution in [3.8, 4) is 0 Å². The second-order valence-corrected chi connectivity index (χ2v) is 4.68. The predicted octanol–water partition coefficient (Wildman–Crippen LogP) is 2.44. The van der Waals surface area contributed by atoms with E-state index in [0.717, 1.165) is 11.6 Å². The molecular weight excluding hydrogens is 273 g/mol. The first-order valence-corrected chi connectivity index (χ1v) is 6.32. The number of aromatic nitrogens is 1. The lowest BCUT2D eigenvalue weighted by atomic mass is 10.1. The van der Waals surface area contributed by atoms with Gasteiger partial charge in [-0.15, -0.1) is 0 Å². The highest BCUT2D eigenvalue weighted by Gasteiger charge is 2.05. The maximum absolute atomic E-state index is 13.3. The Morgan fingerprint density at radius 3 is 2.76 bits per heavy atom. The van der Waals surface area contributed by atoms with Crippen LogP contribution in [0.2, 0.25) is 0 Å². The van der Waals surface area contributed by atoms with Crippen molar-refractivity contribution < 1.29 is 14.3 Å². The molecule has 2 rings (SSSR count). The zero-order valence-corrected chi connectivity index (χ0v) is 11.4. The summed E-state index contributed by atoms with van der Waals surface area (Å²) in [6, 6.07) is 7.39. The molecule has 0 saturated heterocycles. The van der Waals surface area contributed by atoms with Crippen molar-refractivity contribution in [2.24, 2.45) is 0 Å². The predicted molar refractivity (Wildman–Crippen MR) is 77.6 cm³/mol. The molecule has 1 N–H and O–H groups in total. The summed E-state index contributed by atoms with van der Waals surface area (Å²) >= 11 is 0. The highest BCUT2D eigenvalue weighted by atomic mass is 19.1. The Bertz CT molecular complexity index is 762. The summed E-state index contributed by atoms with van der Waals surface area (Å²) in [7, 11) is 0. The van der Waals surface area contributed by atoms with Crippen LogP contribution in [0, 0.1) is 12.7 Å². The number of carboxylic acid groups (broad SMARTS) is 1. The highest BCUT2D eigenvalue weighted by molar-refractivity contribution is 5.85. The molecule has 0 aliphatic heterocycles. The van der Waals surface area contributed by atoms with Crippen LogP contribution in [-0.2, 0) is 11.3 Å². The third kappa shape index (κ3) is 3.89. The van der Waals surface area contributed by atoms with Crippen LogP contribution in [0.25, 0.3) is 6.08 Å². The third-order valence-electron chi connectivity index (χ3n) is 3.01. The van der Waals surface area contributed by atoms with Gasteiger partial charge in [-0.3, -0.25) is 4.79 Å². The molecule has 1 heterocycles. The molecule has 0 atom stereocenters. The van der Waals surface area contributed by atoms with Crippen LogP contribution in [0.5, 0.6) is 0 Å². The summed E-state index contributed by atoms with van der Waals surface area (Å²) in [5, 5.41) is 8.66. The molecule has 1 aromatic heterocycles. The molecule has 108 valence electrons. The van der Waals surface area contributed by atoms with Gasteiger partial charge in [0, 0.05) is 18.3 Å². The summed E-state index contributed by atoms with van der Waals surface area (Å²) < 4.78 is 14.8. The summed E-state index contributed by atoms with van der Waals surface area (Å²) in [6.07, 6.45) is 3.92. The van der Waals surface area contributed by atoms with Crippen LogP contribution in [0.1, 0.15) is 16.7 Å². The van der Waals surface area contributed by atoms with Gasteiger partial charge in [-0.25, -0.2) is 9.18 Å². The zero-order valence-electron chi connectivity index (χ0n) is 11.4. The summed E-state index contributed by atoms with van der Waals surface area (Å²) in [5.41, 5.74) is 1.80. The number of rotatable bonds is 4. The summed E-state index contributed by atoms with van der Waals surface area (Å²) in [6.45, 7) is 2.07. The molecule has 5 heteroatoms. The normalized spacial score (nSPS) is 11.0. The van der Waals surface area contributed by atoms with E-state index in [1.54, 1.807) is 18.3 Å². The summed E-state index contributed by atoms with van der Waals surface area (Å²) in [5.74, 6) is -1.57. The van der Waals surface area contributed by atoms with Crippen molar-refractivity contribution in [1.82, 2.24) is 4.57 Å². The van der Waals surface area contributed by atoms with Gasteiger partial charge in [0.15, 0.2) is 0 Å². The van der Waals surface area contributed by atoms with Gasteiger partial charge in [0.1, 0.15) is 5.82 Å². The Morgan fingerprint density at radius 2 is 2.10 bits per heavy atom. The quantitative estimate of drug-likeness (QED) is 0.879. The van der Waals surface area contributed by atoms with Crippen LogP contribution in [0.3, 0.4) is 0 Å². The van der Waals surface area contributed by atoms with Gasteiger partial charge in [0.2, 0.25) is 0 Å². The molecule has 1 aromatic carbocycles. The van der Waals surface area contributed by atoms with E-state index in [2.05, 4.69) is 0 Å². The number of carbonyl (C=O) groups is 1. The number of aliphatic carboxylic acids is 1. The Hall–Kier alpha value is -2.69. The van der Waals surface area contributed by atoms with E-state index in [4.69, 9.17) is 5.11 Å². The van der Waals surface area contributed by atoms with E-state index in [0.29, 0.717) is 11.1 Å². The maximum atomic E-state index is 13.3. The van der Waals surface area contributed by atoms with Crippen molar-refractivity contribution in [1.29, 1.82) is 0 Å². The maximum Gasteiger partial charge on any atom is 0.328 e. The minimum Gasteiger partial charge on any atom is -0.478 e. The average molecular weight is 287 g/mol. The zero-order chi connectivity index (χ0) is 15.4. The van der Waals surface area contributed by atoms with Gasteiger partial charge in [-0.2, -0.15) is 0 Å². The first-order valence-electron chi connectivity index (χ1n) is 6.32. The van der Waals surface area contributed by atoms with E-state index in [1.807, 2.05) is 6.92 Å². The highest BCUT2D eigenvalue weighted by Crippen LogP contribution is 2.14. The fourth-order valence-electron chi connectivity index (χ4n) is 1.95.